The second-order valence-electron chi connectivity index (χ2n) is 10.3. The molecule has 0 saturated carbocycles. The zero-order chi connectivity index (χ0) is 27.0. The number of aryl methyl sites for hydroxylation is 1. The molecule has 1 aliphatic heterocycles. The standard InChI is InChI=1S/C30H33N7O2/c1-5-39-22-9-6-20(7-10-22)26-19(2)34-29(36-26)30(3)12-14-37(15-13-30)28-23-16-24(35-27(23)32-18-33-28)21-8-11-25(38-4)31-17-21/h6-11,16-18H,5,12-15H2,1-4H3,(H,34,36)(H,32,33,35). The van der Waals surface area contributed by atoms with Crippen LogP contribution in [0, 0.1) is 6.92 Å². The minimum Gasteiger partial charge on any atom is -0.494 e. The Balaban J connectivity index is 1.21. The number of pyridine rings is 1. The van der Waals surface area contributed by atoms with E-state index in [1.165, 1.54) is 0 Å². The van der Waals surface area contributed by atoms with Crippen molar-refractivity contribution in [3.8, 4) is 34.1 Å². The van der Waals surface area contributed by atoms with Crippen LogP contribution in [-0.4, -0.2) is 56.7 Å². The normalized spacial score (nSPS) is 15.0. The fraction of sp³-hybridized carbons (Fsp3) is 0.333. The molecule has 9 nitrogen and oxygen atoms in total. The van der Waals surface area contributed by atoms with Gasteiger partial charge in [0.05, 0.1) is 24.8 Å². The molecule has 200 valence electrons. The van der Waals surface area contributed by atoms with Gasteiger partial charge in [0, 0.05) is 53.3 Å². The molecule has 0 unspecified atom stereocenters. The SMILES string of the molecule is CCOc1ccc(-c2nc(C3(C)CCN(c4ncnc5[nH]c(-c6ccc(OC)nc6)cc45)CC3)[nH]c2C)cc1. The molecule has 0 bridgehead atoms. The number of fused-ring (bicyclic) bond motifs is 1. The summed E-state index contributed by atoms with van der Waals surface area (Å²) in [6, 6.07) is 14.1. The zero-order valence-electron chi connectivity index (χ0n) is 22.8. The second kappa shape index (κ2) is 10.1. The monoisotopic (exact) mass is 523 g/mol. The summed E-state index contributed by atoms with van der Waals surface area (Å²) in [7, 11) is 1.62. The molecule has 1 saturated heterocycles. The zero-order valence-corrected chi connectivity index (χ0v) is 22.8. The molecule has 6 rings (SSSR count). The van der Waals surface area contributed by atoms with Crippen LogP contribution in [0.2, 0.25) is 0 Å². The highest BCUT2D eigenvalue weighted by Crippen LogP contribution is 2.38. The number of nitrogens with one attached hydrogen (secondary N) is 2. The minimum atomic E-state index is -0.0466. The average molecular weight is 524 g/mol. The molecule has 2 N–H and O–H groups in total. The first-order valence-corrected chi connectivity index (χ1v) is 13.4. The van der Waals surface area contributed by atoms with Gasteiger partial charge in [-0.15, -0.1) is 0 Å². The molecule has 9 heteroatoms. The third-order valence-corrected chi connectivity index (χ3v) is 7.72. The Bertz CT molecular complexity index is 1580. The summed E-state index contributed by atoms with van der Waals surface area (Å²) in [6.07, 6.45) is 5.37. The first kappa shape index (κ1) is 24.9. The van der Waals surface area contributed by atoms with Crippen molar-refractivity contribution in [2.75, 3.05) is 31.7 Å². The lowest BCUT2D eigenvalue weighted by Gasteiger charge is -2.38. The van der Waals surface area contributed by atoms with Gasteiger partial charge in [-0.1, -0.05) is 6.92 Å². The number of ether oxygens (including phenoxy) is 2. The van der Waals surface area contributed by atoms with Gasteiger partial charge in [-0.25, -0.2) is 19.9 Å². The van der Waals surface area contributed by atoms with Crippen molar-refractivity contribution in [1.82, 2.24) is 29.9 Å². The maximum atomic E-state index is 5.60. The van der Waals surface area contributed by atoms with Crippen molar-refractivity contribution in [3.05, 3.63) is 66.5 Å². The molecule has 4 aromatic heterocycles. The van der Waals surface area contributed by atoms with E-state index in [4.69, 9.17) is 14.5 Å². The molecule has 5 heterocycles. The minimum absolute atomic E-state index is 0.0466. The number of anilines is 1. The van der Waals surface area contributed by atoms with E-state index in [0.717, 1.165) is 82.6 Å². The molecule has 1 aromatic carbocycles. The van der Waals surface area contributed by atoms with Gasteiger partial charge < -0.3 is 24.3 Å². The van der Waals surface area contributed by atoms with E-state index >= 15 is 0 Å². The van der Waals surface area contributed by atoms with Gasteiger partial charge >= 0.3 is 0 Å². The maximum absolute atomic E-state index is 5.60. The number of piperidine rings is 1. The predicted molar refractivity (Wildman–Crippen MR) is 152 cm³/mol. The third-order valence-electron chi connectivity index (χ3n) is 7.72. The number of aromatic amines is 2. The Hall–Kier alpha value is -4.40. The smallest absolute Gasteiger partial charge is 0.212 e. The molecule has 0 atom stereocenters. The van der Waals surface area contributed by atoms with E-state index < -0.39 is 0 Å². The lowest BCUT2D eigenvalue weighted by atomic mass is 9.79. The first-order chi connectivity index (χ1) is 19.0. The molecule has 1 fully saturated rings. The summed E-state index contributed by atoms with van der Waals surface area (Å²) in [5, 5.41) is 1.01. The van der Waals surface area contributed by atoms with Crippen molar-refractivity contribution in [1.29, 1.82) is 0 Å². The predicted octanol–water partition coefficient (Wildman–Crippen LogP) is 5.68. The van der Waals surface area contributed by atoms with E-state index in [2.05, 4.69) is 61.9 Å². The molecule has 39 heavy (non-hydrogen) atoms. The Morgan fingerprint density at radius 2 is 1.74 bits per heavy atom. The Morgan fingerprint density at radius 1 is 0.974 bits per heavy atom. The van der Waals surface area contributed by atoms with Gasteiger partial charge in [0.1, 0.15) is 29.4 Å². The highest BCUT2D eigenvalue weighted by Gasteiger charge is 2.36. The first-order valence-electron chi connectivity index (χ1n) is 13.4. The van der Waals surface area contributed by atoms with Crippen LogP contribution in [0.5, 0.6) is 11.6 Å². The highest BCUT2D eigenvalue weighted by atomic mass is 16.5. The van der Waals surface area contributed by atoms with Gasteiger partial charge in [-0.3, -0.25) is 0 Å². The van der Waals surface area contributed by atoms with E-state index in [-0.39, 0.29) is 5.41 Å². The van der Waals surface area contributed by atoms with Crippen LogP contribution in [0.3, 0.4) is 0 Å². The molecule has 5 aromatic rings. The number of H-pyrrole nitrogens is 2. The summed E-state index contributed by atoms with van der Waals surface area (Å²) in [4.78, 5) is 28.0. The van der Waals surface area contributed by atoms with Crippen LogP contribution in [-0.2, 0) is 5.41 Å². The molecule has 1 aliphatic rings. The Kier molecular flexibility index (Phi) is 6.42. The van der Waals surface area contributed by atoms with E-state index in [9.17, 15) is 0 Å². The molecule has 0 radical (unpaired) electrons. The van der Waals surface area contributed by atoms with Gasteiger partial charge in [0.25, 0.3) is 0 Å². The second-order valence-corrected chi connectivity index (χ2v) is 10.3. The van der Waals surface area contributed by atoms with Gasteiger partial charge in [-0.2, -0.15) is 0 Å². The highest BCUT2D eigenvalue weighted by molar-refractivity contribution is 5.91. The summed E-state index contributed by atoms with van der Waals surface area (Å²) < 4.78 is 10.8. The van der Waals surface area contributed by atoms with Crippen LogP contribution in [0.4, 0.5) is 5.82 Å². The van der Waals surface area contributed by atoms with Crippen molar-refractivity contribution >= 4 is 16.9 Å². The number of rotatable bonds is 7. The van der Waals surface area contributed by atoms with E-state index in [1.807, 2.05) is 31.2 Å². The fourth-order valence-corrected chi connectivity index (χ4v) is 5.35. The van der Waals surface area contributed by atoms with Crippen LogP contribution in [0.1, 0.15) is 38.2 Å². The van der Waals surface area contributed by atoms with Crippen molar-refractivity contribution in [3.63, 3.8) is 0 Å². The van der Waals surface area contributed by atoms with Crippen molar-refractivity contribution in [2.24, 2.45) is 0 Å². The van der Waals surface area contributed by atoms with Gasteiger partial charge in [0.15, 0.2) is 0 Å². The number of methoxy groups -OCH3 is 1. The molecule has 0 aliphatic carbocycles. The molecular weight excluding hydrogens is 490 g/mol. The van der Waals surface area contributed by atoms with Crippen LogP contribution in [0.25, 0.3) is 33.5 Å². The molecule has 0 spiro atoms. The number of imidazole rings is 1. The summed E-state index contributed by atoms with van der Waals surface area (Å²) in [5.41, 5.74) is 5.89. The van der Waals surface area contributed by atoms with Crippen molar-refractivity contribution in [2.45, 2.75) is 39.0 Å². The lowest BCUT2D eigenvalue weighted by Crippen LogP contribution is -2.42. The van der Waals surface area contributed by atoms with Gasteiger partial charge in [-0.05, 0) is 63.1 Å². The molecule has 0 amide bonds. The third kappa shape index (κ3) is 4.69. The van der Waals surface area contributed by atoms with Crippen LogP contribution >= 0.6 is 0 Å². The summed E-state index contributed by atoms with van der Waals surface area (Å²) in [5.74, 6) is 3.47. The maximum Gasteiger partial charge on any atom is 0.212 e. The summed E-state index contributed by atoms with van der Waals surface area (Å²) >= 11 is 0. The van der Waals surface area contributed by atoms with Crippen LogP contribution < -0.4 is 14.4 Å². The van der Waals surface area contributed by atoms with Crippen LogP contribution in [0.15, 0.2) is 55.0 Å². The van der Waals surface area contributed by atoms with Crippen molar-refractivity contribution < 1.29 is 9.47 Å². The number of hydrogen-bond acceptors (Lipinski definition) is 7. The number of nitrogens with zero attached hydrogens (tertiary/aromatic N) is 5. The summed E-state index contributed by atoms with van der Waals surface area (Å²) in [6.45, 7) is 8.82. The number of aromatic nitrogens is 6. The Labute approximate surface area is 227 Å². The lowest BCUT2D eigenvalue weighted by molar-refractivity contribution is 0.340. The molecular formula is C30H33N7O2. The largest absolute Gasteiger partial charge is 0.494 e. The topological polar surface area (TPSA) is 105 Å². The van der Waals surface area contributed by atoms with Gasteiger partial charge in [0.2, 0.25) is 5.88 Å². The van der Waals surface area contributed by atoms with E-state index in [1.54, 1.807) is 19.6 Å². The fourth-order valence-electron chi connectivity index (χ4n) is 5.35. The van der Waals surface area contributed by atoms with E-state index in [0.29, 0.717) is 12.5 Å². The number of benzene rings is 1. The Morgan fingerprint density at radius 3 is 2.44 bits per heavy atom. The average Bonchev–Trinajstić information content (AvgIpc) is 3.58. The quantitative estimate of drug-likeness (QED) is 0.283. The number of hydrogen-bond donors (Lipinski definition) is 2.